The summed E-state index contributed by atoms with van der Waals surface area (Å²) in [6.07, 6.45) is 5.26. The molecular weight excluding hydrogens is 430 g/mol. The van der Waals surface area contributed by atoms with E-state index in [9.17, 15) is 13.2 Å². The van der Waals surface area contributed by atoms with Crippen LogP contribution in [0.1, 0.15) is 28.4 Å². The van der Waals surface area contributed by atoms with E-state index >= 15 is 0 Å². The second-order valence-corrected chi connectivity index (χ2v) is 9.77. The van der Waals surface area contributed by atoms with E-state index in [0.29, 0.717) is 10.7 Å². The topological polar surface area (TPSA) is 79.4 Å². The van der Waals surface area contributed by atoms with Gasteiger partial charge in [-0.25, -0.2) is 13.4 Å². The van der Waals surface area contributed by atoms with Crippen molar-refractivity contribution in [2.45, 2.75) is 25.7 Å². The molecule has 1 aromatic heterocycles. The Labute approximate surface area is 187 Å². The number of terminal acetylenes is 1. The predicted molar refractivity (Wildman–Crippen MR) is 125 cm³/mol. The van der Waals surface area contributed by atoms with Crippen LogP contribution in [0.4, 0.5) is 5.13 Å². The summed E-state index contributed by atoms with van der Waals surface area (Å²) in [4.78, 5) is 17.2. The lowest BCUT2D eigenvalue weighted by Gasteiger charge is -2.17. The van der Waals surface area contributed by atoms with Gasteiger partial charge < -0.3 is 0 Å². The van der Waals surface area contributed by atoms with Crippen molar-refractivity contribution in [3.05, 3.63) is 64.5 Å². The van der Waals surface area contributed by atoms with Crippen LogP contribution in [0.2, 0.25) is 0 Å². The highest BCUT2D eigenvalue weighted by Gasteiger charge is 2.22. The molecule has 0 aliphatic rings. The summed E-state index contributed by atoms with van der Waals surface area (Å²) in [6.45, 7) is 6.02. The third-order valence-electron chi connectivity index (χ3n) is 4.77. The summed E-state index contributed by atoms with van der Waals surface area (Å²) in [6, 6.07) is 11.9. The standard InChI is InChI=1S/C23H23N3O3S2/c1-5-13-26(6-2)31(28,29)19-11-9-18(10-12-19)22(27)25-23-24-21(15-30-23)20-14-16(3)7-8-17(20)4/h1,7-12,14-15H,6,13H2,2-4H3,(H,24,25,27). The molecule has 31 heavy (non-hydrogen) atoms. The van der Waals surface area contributed by atoms with Gasteiger partial charge in [0.1, 0.15) is 0 Å². The van der Waals surface area contributed by atoms with E-state index in [1.165, 1.54) is 39.9 Å². The molecule has 0 unspecified atom stereocenters. The third kappa shape index (κ3) is 5.02. The Kier molecular flexibility index (Phi) is 6.91. The molecule has 0 spiro atoms. The van der Waals surface area contributed by atoms with Crippen LogP contribution in [0, 0.1) is 26.2 Å². The fraction of sp³-hybridized carbons (Fsp3) is 0.217. The number of aromatic nitrogens is 1. The van der Waals surface area contributed by atoms with E-state index in [2.05, 4.69) is 22.3 Å². The molecule has 0 saturated heterocycles. The van der Waals surface area contributed by atoms with Gasteiger partial charge in [-0.3, -0.25) is 10.1 Å². The summed E-state index contributed by atoms with van der Waals surface area (Å²) in [5.74, 6) is 1.99. The number of hydrogen-bond donors (Lipinski definition) is 1. The Hall–Kier alpha value is -2.99. The molecule has 1 heterocycles. The zero-order chi connectivity index (χ0) is 22.6. The number of carbonyl (C=O) groups excluding carboxylic acids is 1. The molecule has 0 saturated carbocycles. The number of hydrogen-bond acceptors (Lipinski definition) is 5. The van der Waals surface area contributed by atoms with Crippen molar-refractivity contribution in [1.82, 2.24) is 9.29 Å². The number of rotatable bonds is 7. The number of sulfonamides is 1. The molecule has 0 aliphatic carbocycles. The van der Waals surface area contributed by atoms with Crippen molar-refractivity contribution < 1.29 is 13.2 Å². The summed E-state index contributed by atoms with van der Waals surface area (Å²) < 4.78 is 26.5. The second kappa shape index (κ2) is 9.43. The predicted octanol–water partition coefficient (Wildman–Crippen LogP) is 4.32. The first-order valence-corrected chi connectivity index (χ1v) is 12.0. The highest BCUT2D eigenvalue weighted by Crippen LogP contribution is 2.28. The second-order valence-electron chi connectivity index (χ2n) is 6.97. The van der Waals surface area contributed by atoms with E-state index in [4.69, 9.17) is 6.42 Å². The normalized spacial score (nSPS) is 11.3. The molecule has 1 N–H and O–H groups in total. The van der Waals surface area contributed by atoms with E-state index in [-0.39, 0.29) is 23.9 Å². The highest BCUT2D eigenvalue weighted by atomic mass is 32.2. The van der Waals surface area contributed by atoms with Gasteiger partial charge in [-0.2, -0.15) is 4.31 Å². The van der Waals surface area contributed by atoms with Crippen molar-refractivity contribution >= 4 is 32.4 Å². The molecule has 3 aromatic rings. The van der Waals surface area contributed by atoms with Crippen LogP contribution in [0.5, 0.6) is 0 Å². The third-order valence-corrected chi connectivity index (χ3v) is 7.46. The molecule has 1 amide bonds. The molecule has 3 rings (SSSR count). The van der Waals surface area contributed by atoms with E-state index in [1.807, 2.05) is 31.4 Å². The fourth-order valence-corrected chi connectivity index (χ4v) is 5.10. The Morgan fingerprint density at radius 3 is 2.55 bits per heavy atom. The Bertz CT molecular complexity index is 1240. The average molecular weight is 454 g/mol. The number of amides is 1. The van der Waals surface area contributed by atoms with Crippen LogP contribution in [0.25, 0.3) is 11.3 Å². The van der Waals surface area contributed by atoms with Gasteiger partial charge in [-0.05, 0) is 49.7 Å². The van der Waals surface area contributed by atoms with Gasteiger partial charge in [0.25, 0.3) is 5.91 Å². The average Bonchev–Trinajstić information content (AvgIpc) is 3.21. The van der Waals surface area contributed by atoms with Crippen LogP contribution in [0.3, 0.4) is 0 Å². The smallest absolute Gasteiger partial charge is 0.257 e. The monoisotopic (exact) mass is 453 g/mol. The number of thiazole rings is 1. The number of nitrogens with one attached hydrogen (secondary N) is 1. The van der Waals surface area contributed by atoms with Gasteiger partial charge in [-0.15, -0.1) is 17.8 Å². The minimum absolute atomic E-state index is 0.00609. The maximum atomic E-state index is 12.6. The first-order chi connectivity index (χ1) is 14.8. The quantitative estimate of drug-likeness (QED) is 0.540. The fourth-order valence-electron chi connectivity index (χ4n) is 3.03. The van der Waals surface area contributed by atoms with Gasteiger partial charge in [0.15, 0.2) is 5.13 Å². The van der Waals surface area contributed by atoms with Crippen LogP contribution in [0.15, 0.2) is 52.7 Å². The Balaban J connectivity index is 1.76. The minimum atomic E-state index is -3.70. The Morgan fingerprint density at radius 1 is 1.19 bits per heavy atom. The summed E-state index contributed by atoms with van der Waals surface area (Å²) in [5, 5.41) is 5.15. The van der Waals surface area contributed by atoms with E-state index in [1.54, 1.807) is 6.92 Å². The van der Waals surface area contributed by atoms with Crippen molar-refractivity contribution in [2.75, 3.05) is 18.4 Å². The maximum Gasteiger partial charge on any atom is 0.257 e. The van der Waals surface area contributed by atoms with Gasteiger partial charge in [0.05, 0.1) is 17.1 Å². The lowest BCUT2D eigenvalue weighted by molar-refractivity contribution is 0.102. The first-order valence-electron chi connectivity index (χ1n) is 9.64. The number of carbonyl (C=O) groups is 1. The van der Waals surface area contributed by atoms with E-state index in [0.717, 1.165) is 22.4 Å². The van der Waals surface area contributed by atoms with Crippen LogP contribution in [-0.4, -0.2) is 36.7 Å². The molecule has 8 heteroatoms. The van der Waals surface area contributed by atoms with Crippen molar-refractivity contribution in [3.63, 3.8) is 0 Å². The van der Waals surface area contributed by atoms with Crippen molar-refractivity contribution in [1.29, 1.82) is 0 Å². The zero-order valence-corrected chi connectivity index (χ0v) is 19.2. The molecule has 0 aliphatic heterocycles. The van der Waals surface area contributed by atoms with Gasteiger partial charge in [-0.1, -0.05) is 30.5 Å². The number of nitrogens with zero attached hydrogens (tertiary/aromatic N) is 2. The number of aryl methyl sites for hydroxylation is 2. The van der Waals surface area contributed by atoms with E-state index < -0.39 is 10.0 Å². The SMILES string of the molecule is C#CCN(CC)S(=O)(=O)c1ccc(C(=O)Nc2nc(-c3cc(C)ccc3C)cs2)cc1. The molecule has 160 valence electrons. The number of benzene rings is 2. The minimum Gasteiger partial charge on any atom is -0.298 e. The van der Waals surface area contributed by atoms with Gasteiger partial charge in [0, 0.05) is 23.1 Å². The molecule has 0 atom stereocenters. The van der Waals surface area contributed by atoms with Crippen LogP contribution in [-0.2, 0) is 10.0 Å². The molecule has 0 bridgehead atoms. The zero-order valence-electron chi connectivity index (χ0n) is 17.5. The molecule has 2 aromatic carbocycles. The molecule has 0 fully saturated rings. The maximum absolute atomic E-state index is 12.6. The summed E-state index contributed by atoms with van der Waals surface area (Å²) >= 11 is 1.34. The highest BCUT2D eigenvalue weighted by molar-refractivity contribution is 7.89. The van der Waals surface area contributed by atoms with Gasteiger partial charge in [0.2, 0.25) is 10.0 Å². The molecule has 6 nitrogen and oxygen atoms in total. The van der Waals surface area contributed by atoms with Crippen molar-refractivity contribution in [2.24, 2.45) is 0 Å². The largest absolute Gasteiger partial charge is 0.298 e. The molecular formula is C23H23N3O3S2. The number of anilines is 1. The molecule has 0 radical (unpaired) electrons. The first kappa shape index (κ1) is 22.7. The summed E-state index contributed by atoms with van der Waals surface area (Å²) in [5.41, 5.74) is 4.41. The van der Waals surface area contributed by atoms with Crippen LogP contribution < -0.4 is 5.32 Å². The lowest BCUT2D eigenvalue weighted by atomic mass is 10.0. The van der Waals surface area contributed by atoms with Crippen LogP contribution >= 0.6 is 11.3 Å². The Morgan fingerprint density at radius 2 is 1.90 bits per heavy atom. The summed E-state index contributed by atoms with van der Waals surface area (Å²) in [7, 11) is -3.70. The van der Waals surface area contributed by atoms with Crippen molar-refractivity contribution in [3.8, 4) is 23.6 Å². The lowest BCUT2D eigenvalue weighted by Crippen LogP contribution is -2.31. The van der Waals surface area contributed by atoms with Gasteiger partial charge >= 0.3 is 0 Å².